The lowest BCUT2D eigenvalue weighted by atomic mass is 10.1. The summed E-state index contributed by atoms with van der Waals surface area (Å²) >= 11 is 0. The number of aromatic hydroxyl groups is 1. The molecule has 1 aromatic carbocycles. The Kier molecular flexibility index (Phi) is 4.54. The monoisotopic (exact) mass is 281 g/mol. The zero-order chi connectivity index (χ0) is 15.2. The summed E-state index contributed by atoms with van der Waals surface area (Å²) in [5.41, 5.74) is 7.13. The molecule has 0 fully saturated rings. The number of aryl methyl sites for hydroxylation is 1. The van der Waals surface area contributed by atoms with E-state index >= 15 is 0 Å². The van der Waals surface area contributed by atoms with E-state index in [-0.39, 0.29) is 18.2 Å². The number of aromatic nitrogens is 1. The Bertz CT molecular complexity index is 730. The first-order chi connectivity index (χ1) is 10.1. The average Bonchev–Trinajstić information content (AvgIpc) is 2.48. The van der Waals surface area contributed by atoms with Gasteiger partial charge in [-0.1, -0.05) is 11.8 Å². The molecule has 1 amide bonds. The molecule has 2 aromatic rings. The number of nitrogens with one attached hydrogen (secondary N) is 1. The number of carbonyl (C=O) groups is 1. The number of hydrogen-bond donors (Lipinski definition) is 3. The van der Waals surface area contributed by atoms with Crippen LogP contribution < -0.4 is 11.1 Å². The summed E-state index contributed by atoms with van der Waals surface area (Å²) < 4.78 is 0. The number of rotatable bonds is 2. The van der Waals surface area contributed by atoms with Gasteiger partial charge in [-0.25, -0.2) is 4.98 Å². The Balaban J connectivity index is 2.17. The number of pyridine rings is 1. The fraction of sp³-hybridized carbons (Fsp3) is 0.125. The summed E-state index contributed by atoms with van der Waals surface area (Å²) in [7, 11) is 0. The third kappa shape index (κ3) is 3.81. The van der Waals surface area contributed by atoms with E-state index in [1.54, 1.807) is 37.4 Å². The van der Waals surface area contributed by atoms with Crippen LogP contribution in [0.2, 0.25) is 0 Å². The number of phenolic OH excluding ortho intramolecular Hbond substituents is 1. The van der Waals surface area contributed by atoms with Crippen molar-refractivity contribution in [2.24, 2.45) is 5.73 Å². The maximum Gasteiger partial charge on any atom is 0.256 e. The molecular weight excluding hydrogens is 266 g/mol. The largest absolute Gasteiger partial charge is 0.508 e. The molecule has 1 aromatic heterocycles. The second kappa shape index (κ2) is 6.55. The van der Waals surface area contributed by atoms with Gasteiger partial charge in [0, 0.05) is 17.3 Å². The Morgan fingerprint density at radius 2 is 2.19 bits per heavy atom. The van der Waals surface area contributed by atoms with Crippen LogP contribution in [0.25, 0.3) is 0 Å². The highest BCUT2D eigenvalue weighted by molar-refractivity contribution is 6.04. The molecule has 106 valence electrons. The van der Waals surface area contributed by atoms with Crippen LogP contribution in [0.3, 0.4) is 0 Å². The second-order valence-electron chi connectivity index (χ2n) is 4.39. The van der Waals surface area contributed by atoms with E-state index in [9.17, 15) is 9.90 Å². The minimum atomic E-state index is -0.297. The van der Waals surface area contributed by atoms with Crippen molar-refractivity contribution >= 4 is 11.7 Å². The Labute approximate surface area is 122 Å². The van der Waals surface area contributed by atoms with Crippen molar-refractivity contribution in [1.82, 2.24) is 4.98 Å². The predicted molar refractivity (Wildman–Crippen MR) is 81.0 cm³/mol. The van der Waals surface area contributed by atoms with Gasteiger partial charge in [-0.15, -0.1) is 0 Å². The first-order valence-corrected chi connectivity index (χ1v) is 6.36. The van der Waals surface area contributed by atoms with Gasteiger partial charge >= 0.3 is 0 Å². The number of hydrogen-bond acceptors (Lipinski definition) is 4. The number of carbonyl (C=O) groups excluding carboxylic acids is 1. The quantitative estimate of drug-likeness (QED) is 0.730. The van der Waals surface area contributed by atoms with Crippen molar-refractivity contribution in [2.75, 3.05) is 11.9 Å². The predicted octanol–water partition coefficient (Wildman–Crippen LogP) is 1.66. The molecule has 0 saturated carbocycles. The molecule has 0 aliphatic rings. The van der Waals surface area contributed by atoms with Crippen molar-refractivity contribution in [2.45, 2.75) is 6.92 Å². The molecule has 5 heteroatoms. The van der Waals surface area contributed by atoms with Gasteiger partial charge < -0.3 is 16.2 Å². The molecule has 0 radical (unpaired) electrons. The molecule has 0 spiro atoms. The first kappa shape index (κ1) is 14.6. The van der Waals surface area contributed by atoms with Gasteiger partial charge in [-0.05, 0) is 42.8 Å². The lowest BCUT2D eigenvalue weighted by molar-refractivity contribution is 0.102. The zero-order valence-electron chi connectivity index (χ0n) is 11.6. The van der Waals surface area contributed by atoms with E-state index in [1.165, 1.54) is 6.07 Å². The van der Waals surface area contributed by atoms with Crippen LogP contribution in [0, 0.1) is 18.8 Å². The molecule has 0 saturated heterocycles. The SMILES string of the molecule is Cc1cc(C(=O)Nc2cc(C#CCN)ccn2)ccc1O. The highest BCUT2D eigenvalue weighted by atomic mass is 16.3. The number of anilines is 1. The van der Waals surface area contributed by atoms with Crippen molar-refractivity contribution in [3.8, 4) is 17.6 Å². The third-order valence-electron chi connectivity index (χ3n) is 2.80. The standard InChI is InChI=1S/C16H15N3O2/c1-11-9-13(4-5-14(11)20)16(21)19-15-10-12(3-2-7-17)6-8-18-15/h4-6,8-10,20H,7,17H2,1H3,(H,18,19,21). The minimum absolute atomic E-state index is 0.156. The molecule has 0 atom stereocenters. The topological polar surface area (TPSA) is 88.2 Å². The van der Waals surface area contributed by atoms with Gasteiger partial charge in [0.05, 0.1) is 6.54 Å². The van der Waals surface area contributed by atoms with E-state index in [2.05, 4.69) is 22.1 Å². The minimum Gasteiger partial charge on any atom is -0.508 e. The lowest BCUT2D eigenvalue weighted by Crippen LogP contribution is -2.13. The van der Waals surface area contributed by atoms with Gasteiger partial charge in [0.25, 0.3) is 5.91 Å². The maximum absolute atomic E-state index is 12.1. The van der Waals surface area contributed by atoms with Crippen LogP contribution in [-0.4, -0.2) is 22.5 Å². The van der Waals surface area contributed by atoms with Gasteiger partial charge in [0.1, 0.15) is 11.6 Å². The molecule has 21 heavy (non-hydrogen) atoms. The van der Waals surface area contributed by atoms with Gasteiger partial charge in [0.15, 0.2) is 0 Å². The van der Waals surface area contributed by atoms with Crippen molar-refractivity contribution in [3.63, 3.8) is 0 Å². The summed E-state index contributed by atoms with van der Waals surface area (Å²) in [5, 5.41) is 12.2. The van der Waals surface area contributed by atoms with E-state index in [0.29, 0.717) is 16.9 Å². The zero-order valence-corrected chi connectivity index (χ0v) is 11.6. The molecule has 0 aliphatic carbocycles. The van der Waals surface area contributed by atoms with Gasteiger partial charge in [-0.2, -0.15) is 0 Å². The molecular formula is C16H15N3O2. The normalized spacial score (nSPS) is 9.62. The molecule has 4 N–H and O–H groups in total. The van der Waals surface area contributed by atoms with Crippen LogP contribution in [-0.2, 0) is 0 Å². The Morgan fingerprint density at radius 3 is 2.90 bits per heavy atom. The Hall–Kier alpha value is -2.84. The molecule has 2 rings (SSSR count). The van der Waals surface area contributed by atoms with E-state index in [0.717, 1.165) is 5.56 Å². The van der Waals surface area contributed by atoms with Crippen LogP contribution in [0.5, 0.6) is 5.75 Å². The van der Waals surface area contributed by atoms with E-state index in [4.69, 9.17) is 5.73 Å². The maximum atomic E-state index is 12.1. The molecule has 5 nitrogen and oxygen atoms in total. The van der Waals surface area contributed by atoms with Crippen LogP contribution in [0.15, 0.2) is 36.5 Å². The van der Waals surface area contributed by atoms with Gasteiger partial charge in [0.2, 0.25) is 0 Å². The summed E-state index contributed by atoms with van der Waals surface area (Å²) in [6.07, 6.45) is 1.57. The molecule has 0 bridgehead atoms. The fourth-order valence-corrected chi connectivity index (χ4v) is 1.71. The smallest absolute Gasteiger partial charge is 0.256 e. The molecule has 1 heterocycles. The fourth-order valence-electron chi connectivity index (χ4n) is 1.71. The second-order valence-corrected chi connectivity index (χ2v) is 4.39. The highest BCUT2D eigenvalue weighted by Crippen LogP contribution is 2.17. The van der Waals surface area contributed by atoms with Crippen molar-refractivity contribution < 1.29 is 9.90 Å². The highest BCUT2D eigenvalue weighted by Gasteiger charge is 2.08. The van der Waals surface area contributed by atoms with E-state index < -0.39 is 0 Å². The van der Waals surface area contributed by atoms with Crippen molar-refractivity contribution in [3.05, 3.63) is 53.2 Å². The van der Waals surface area contributed by atoms with E-state index in [1.807, 2.05) is 0 Å². The molecule has 0 aliphatic heterocycles. The van der Waals surface area contributed by atoms with Crippen LogP contribution in [0.1, 0.15) is 21.5 Å². The summed E-state index contributed by atoms with van der Waals surface area (Å²) in [6.45, 7) is 2.00. The number of amides is 1. The van der Waals surface area contributed by atoms with Crippen LogP contribution >= 0.6 is 0 Å². The first-order valence-electron chi connectivity index (χ1n) is 6.36. The summed E-state index contributed by atoms with van der Waals surface area (Å²) in [6, 6.07) is 8.07. The number of nitrogens with zero attached hydrogens (tertiary/aromatic N) is 1. The third-order valence-corrected chi connectivity index (χ3v) is 2.80. The number of benzene rings is 1. The van der Waals surface area contributed by atoms with Crippen LogP contribution in [0.4, 0.5) is 5.82 Å². The summed E-state index contributed by atoms with van der Waals surface area (Å²) in [4.78, 5) is 16.2. The summed E-state index contributed by atoms with van der Waals surface area (Å²) in [5.74, 6) is 5.89. The molecule has 0 unspecified atom stereocenters. The lowest BCUT2D eigenvalue weighted by Gasteiger charge is -2.06. The van der Waals surface area contributed by atoms with Crippen molar-refractivity contribution in [1.29, 1.82) is 0 Å². The average molecular weight is 281 g/mol. The number of phenols is 1. The Morgan fingerprint density at radius 1 is 1.38 bits per heavy atom. The number of nitrogens with two attached hydrogens (primary N) is 1. The van der Waals surface area contributed by atoms with Gasteiger partial charge in [-0.3, -0.25) is 4.79 Å².